The van der Waals surface area contributed by atoms with Crippen LogP contribution < -0.4 is 5.73 Å². The molecule has 0 aromatic heterocycles. The molecule has 0 aromatic rings. The van der Waals surface area contributed by atoms with Crippen LogP contribution in [0.15, 0.2) is 0 Å². The fourth-order valence-corrected chi connectivity index (χ4v) is 2.42. The fourth-order valence-electron chi connectivity index (χ4n) is 2.42. The second kappa shape index (κ2) is 6.05. The highest BCUT2D eigenvalue weighted by Gasteiger charge is 2.25. The van der Waals surface area contributed by atoms with Gasteiger partial charge in [-0.05, 0) is 50.7 Å². The van der Waals surface area contributed by atoms with Crippen LogP contribution in [0.1, 0.15) is 59.8 Å². The number of hydrogen-bond acceptors (Lipinski definition) is 2. The van der Waals surface area contributed by atoms with E-state index in [0.29, 0.717) is 11.3 Å². The number of piperidine rings is 1. The average Bonchev–Trinajstić information content (AvgIpc) is 2.26. The maximum atomic E-state index is 7.54. The summed E-state index contributed by atoms with van der Waals surface area (Å²) in [5.74, 6) is 0.322. The molecule has 0 radical (unpaired) electrons. The van der Waals surface area contributed by atoms with Gasteiger partial charge in [0.15, 0.2) is 0 Å². The molecule has 1 fully saturated rings. The molecule has 0 aliphatic carbocycles. The highest BCUT2D eigenvalue weighted by atomic mass is 15.1. The van der Waals surface area contributed by atoms with Crippen LogP contribution in [-0.2, 0) is 0 Å². The largest absolute Gasteiger partial charge is 0.387 e. The highest BCUT2D eigenvalue weighted by Crippen LogP contribution is 2.30. The lowest BCUT2D eigenvalue weighted by atomic mass is 9.82. The Morgan fingerprint density at radius 2 is 1.78 bits per heavy atom. The van der Waals surface area contributed by atoms with Gasteiger partial charge >= 0.3 is 0 Å². The van der Waals surface area contributed by atoms with E-state index in [0.717, 1.165) is 6.42 Å². The normalized spacial score (nSPS) is 20.9. The summed E-state index contributed by atoms with van der Waals surface area (Å²) in [7, 11) is 0. The summed E-state index contributed by atoms with van der Waals surface area (Å²) >= 11 is 0. The molecule has 106 valence electrons. The lowest BCUT2D eigenvalue weighted by molar-refractivity contribution is 0.130. The van der Waals surface area contributed by atoms with Crippen LogP contribution in [-0.4, -0.2) is 30.4 Å². The Morgan fingerprint density at radius 3 is 2.28 bits per heavy atom. The summed E-state index contributed by atoms with van der Waals surface area (Å²) in [5, 5.41) is 7.54. The topological polar surface area (TPSA) is 53.1 Å². The lowest BCUT2D eigenvalue weighted by Gasteiger charge is -2.37. The number of rotatable bonds is 6. The Bertz CT molecular complexity index is 271. The van der Waals surface area contributed by atoms with Gasteiger partial charge in [0.05, 0.1) is 5.84 Å². The molecular formula is C15H31N3. The van der Waals surface area contributed by atoms with Crippen molar-refractivity contribution in [3.63, 3.8) is 0 Å². The minimum Gasteiger partial charge on any atom is -0.387 e. The molecule has 0 spiro atoms. The van der Waals surface area contributed by atoms with E-state index in [9.17, 15) is 0 Å². The van der Waals surface area contributed by atoms with E-state index in [1.54, 1.807) is 0 Å². The maximum absolute atomic E-state index is 7.54. The van der Waals surface area contributed by atoms with Crippen molar-refractivity contribution < 1.29 is 0 Å². The van der Waals surface area contributed by atoms with Crippen LogP contribution >= 0.6 is 0 Å². The van der Waals surface area contributed by atoms with E-state index < -0.39 is 0 Å². The SMILES string of the molecule is CC1(C)CCN(CCCCC(C)(C)C(=N)N)CC1. The second-order valence-electron chi connectivity index (χ2n) is 7.26. The van der Waals surface area contributed by atoms with E-state index in [2.05, 4.69) is 32.6 Å². The summed E-state index contributed by atoms with van der Waals surface area (Å²) in [4.78, 5) is 2.59. The van der Waals surface area contributed by atoms with Gasteiger partial charge in [-0.3, -0.25) is 5.41 Å². The third-order valence-corrected chi connectivity index (χ3v) is 4.46. The number of unbranched alkanes of at least 4 members (excludes halogenated alkanes) is 1. The predicted molar refractivity (Wildman–Crippen MR) is 79.0 cm³/mol. The van der Waals surface area contributed by atoms with Crippen LogP contribution in [0.5, 0.6) is 0 Å². The molecular weight excluding hydrogens is 222 g/mol. The standard InChI is InChI=1S/C15H31N3/c1-14(2)8-11-18(12-9-14)10-6-5-7-15(3,4)13(16)17/h5-12H2,1-4H3,(H3,16,17). The number of nitrogens with two attached hydrogens (primary N) is 1. The van der Waals surface area contributed by atoms with E-state index in [-0.39, 0.29) is 5.41 Å². The van der Waals surface area contributed by atoms with Gasteiger partial charge in [-0.1, -0.05) is 34.1 Å². The minimum atomic E-state index is -0.121. The van der Waals surface area contributed by atoms with Crippen LogP contribution in [0.25, 0.3) is 0 Å². The van der Waals surface area contributed by atoms with E-state index in [4.69, 9.17) is 11.1 Å². The van der Waals surface area contributed by atoms with Crippen molar-refractivity contribution in [1.29, 1.82) is 5.41 Å². The van der Waals surface area contributed by atoms with Crippen LogP contribution in [0.3, 0.4) is 0 Å². The van der Waals surface area contributed by atoms with Crippen LogP contribution in [0, 0.1) is 16.2 Å². The molecule has 3 heteroatoms. The second-order valence-corrected chi connectivity index (χ2v) is 7.26. The Morgan fingerprint density at radius 1 is 1.22 bits per heavy atom. The number of nitrogens with zero attached hydrogens (tertiary/aromatic N) is 1. The molecule has 0 atom stereocenters. The van der Waals surface area contributed by atoms with Crippen molar-refractivity contribution in [2.24, 2.45) is 16.6 Å². The van der Waals surface area contributed by atoms with E-state index >= 15 is 0 Å². The first kappa shape index (κ1) is 15.5. The van der Waals surface area contributed by atoms with Crippen molar-refractivity contribution in [1.82, 2.24) is 4.90 Å². The third-order valence-electron chi connectivity index (χ3n) is 4.46. The molecule has 3 N–H and O–H groups in total. The first-order valence-corrected chi connectivity index (χ1v) is 7.30. The quantitative estimate of drug-likeness (QED) is 0.434. The summed E-state index contributed by atoms with van der Waals surface area (Å²) in [6.07, 6.45) is 6.09. The van der Waals surface area contributed by atoms with Gasteiger partial charge in [0.25, 0.3) is 0 Å². The first-order valence-electron chi connectivity index (χ1n) is 7.30. The molecule has 1 aliphatic rings. The van der Waals surface area contributed by atoms with Gasteiger partial charge in [0.2, 0.25) is 0 Å². The molecule has 0 amide bonds. The van der Waals surface area contributed by atoms with Gasteiger partial charge in [0.1, 0.15) is 0 Å². The average molecular weight is 253 g/mol. The Hall–Kier alpha value is -0.570. The van der Waals surface area contributed by atoms with Crippen LogP contribution in [0.2, 0.25) is 0 Å². The molecule has 0 unspecified atom stereocenters. The molecule has 1 saturated heterocycles. The Balaban J connectivity index is 2.14. The zero-order chi connectivity index (χ0) is 13.8. The molecule has 0 saturated carbocycles. The number of amidine groups is 1. The summed E-state index contributed by atoms with van der Waals surface area (Å²) in [5.41, 5.74) is 6.03. The number of nitrogens with one attached hydrogen (secondary N) is 1. The summed E-state index contributed by atoms with van der Waals surface area (Å²) < 4.78 is 0. The minimum absolute atomic E-state index is 0.121. The van der Waals surface area contributed by atoms with E-state index in [1.807, 2.05) is 0 Å². The zero-order valence-corrected chi connectivity index (χ0v) is 12.7. The molecule has 1 rings (SSSR count). The lowest BCUT2D eigenvalue weighted by Crippen LogP contribution is -2.38. The molecule has 18 heavy (non-hydrogen) atoms. The van der Waals surface area contributed by atoms with E-state index in [1.165, 1.54) is 45.3 Å². The third kappa shape index (κ3) is 4.97. The number of likely N-dealkylation sites (tertiary alicyclic amines) is 1. The Labute approximate surface area is 113 Å². The zero-order valence-electron chi connectivity index (χ0n) is 12.7. The van der Waals surface area contributed by atoms with Gasteiger partial charge in [-0.25, -0.2) is 0 Å². The molecule has 1 heterocycles. The van der Waals surface area contributed by atoms with Crippen molar-refractivity contribution >= 4 is 5.84 Å². The van der Waals surface area contributed by atoms with Gasteiger partial charge < -0.3 is 10.6 Å². The van der Waals surface area contributed by atoms with Crippen molar-refractivity contribution in [3.8, 4) is 0 Å². The molecule has 3 nitrogen and oxygen atoms in total. The van der Waals surface area contributed by atoms with Crippen molar-refractivity contribution in [3.05, 3.63) is 0 Å². The summed E-state index contributed by atoms with van der Waals surface area (Å²) in [6.45, 7) is 12.6. The first-order chi connectivity index (χ1) is 8.23. The van der Waals surface area contributed by atoms with Gasteiger partial charge in [-0.15, -0.1) is 0 Å². The summed E-state index contributed by atoms with van der Waals surface area (Å²) in [6, 6.07) is 0. The Kier molecular flexibility index (Phi) is 5.20. The fraction of sp³-hybridized carbons (Fsp3) is 0.933. The highest BCUT2D eigenvalue weighted by molar-refractivity contribution is 5.82. The molecule has 0 aromatic carbocycles. The van der Waals surface area contributed by atoms with Crippen LogP contribution in [0.4, 0.5) is 0 Å². The number of hydrogen-bond donors (Lipinski definition) is 2. The smallest absolute Gasteiger partial charge is 0.0963 e. The maximum Gasteiger partial charge on any atom is 0.0963 e. The monoisotopic (exact) mass is 253 g/mol. The van der Waals surface area contributed by atoms with Crippen molar-refractivity contribution in [2.75, 3.05) is 19.6 Å². The molecule has 1 aliphatic heterocycles. The van der Waals surface area contributed by atoms with Gasteiger partial charge in [-0.2, -0.15) is 0 Å². The molecule has 0 bridgehead atoms. The van der Waals surface area contributed by atoms with Gasteiger partial charge in [0, 0.05) is 5.41 Å². The van der Waals surface area contributed by atoms with Crippen molar-refractivity contribution in [2.45, 2.75) is 59.8 Å². The predicted octanol–water partition coefficient (Wildman–Crippen LogP) is 3.24.